The Hall–Kier alpha value is -0.390. The van der Waals surface area contributed by atoms with E-state index in [1.165, 1.54) is 12.8 Å². The van der Waals surface area contributed by atoms with E-state index in [0.29, 0.717) is 0 Å². The van der Waals surface area contributed by atoms with E-state index in [2.05, 4.69) is 17.6 Å². The Morgan fingerprint density at radius 3 is 2.30 bits per heavy atom. The predicted molar refractivity (Wildman–Crippen MR) is 44.2 cm³/mol. The molecule has 60 valence electrons. The summed E-state index contributed by atoms with van der Waals surface area (Å²) in [6, 6.07) is 0. The number of nitrogens with one attached hydrogen (secondary N) is 1. The van der Waals surface area contributed by atoms with Crippen molar-refractivity contribution < 1.29 is 5.11 Å². The van der Waals surface area contributed by atoms with Crippen LogP contribution in [0.15, 0.2) is 0 Å². The molecule has 1 aliphatic heterocycles. The fourth-order valence-corrected chi connectivity index (χ4v) is 1.09. The molecular formula is C5H13N3OS. The molecule has 0 spiro atoms. The molecule has 5 N–H and O–H groups in total. The first-order chi connectivity index (χ1) is 4.29. The van der Waals surface area contributed by atoms with Crippen LogP contribution in [-0.4, -0.2) is 28.4 Å². The Bertz CT molecular complexity index is 113. The number of hydrogen-bond acceptors (Lipinski definition) is 3. The highest BCUT2D eigenvalue weighted by Gasteiger charge is 2.10. The second kappa shape index (κ2) is 4.43. The zero-order valence-electron chi connectivity index (χ0n) is 5.84. The Balaban J connectivity index is 0.000000810. The normalized spacial score (nSPS) is 18.0. The van der Waals surface area contributed by atoms with Gasteiger partial charge in [0, 0.05) is 13.1 Å². The van der Waals surface area contributed by atoms with Gasteiger partial charge in [0.2, 0.25) is 0 Å². The maximum absolute atomic E-state index is 8.59. The average molecular weight is 163 g/mol. The number of hydrazine groups is 1. The lowest BCUT2D eigenvalue weighted by atomic mass is 10.4. The Morgan fingerprint density at radius 1 is 1.40 bits per heavy atom. The minimum absolute atomic E-state index is 0. The zero-order chi connectivity index (χ0) is 6.69. The van der Waals surface area contributed by atoms with Gasteiger partial charge in [-0.25, -0.2) is 5.01 Å². The number of rotatable bonds is 1. The summed E-state index contributed by atoms with van der Waals surface area (Å²) in [7, 11) is 0. The Kier molecular flexibility index (Phi) is 4.26. The zero-order valence-corrected chi connectivity index (χ0v) is 6.65. The molecule has 0 aromatic carbocycles. The lowest BCUT2D eigenvalue weighted by Crippen LogP contribution is -2.38. The van der Waals surface area contributed by atoms with Gasteiger partial charge in [-0.3, -0.25) is 5.43 Å². The van der Waals surface area contributed by atoms with Gasteiger partial charge in [0.1, 0.15) is 0 Å². The van der Waals surface area contributed by atoms with E-state index < -0.39 is 0 Å². The summed E-state index contributed by atoms with van der Waals surface area (Å²) in [5.74, 6) is 0. The van der Waals surface area contributed by atoms with Crippen LogP contribution in [0.4, 0.5) is 0 Å². The molecule has 1 aliphatic rings. The second-order valence-corrected chi connectivity index (χ2v) is 2.50. The van der Waals surface area contributed by atoms with Gasteiger partial charge in [-0.1, -0.05) is 0 Å². The maximum Gasteiger partial charge on any atom is 0.269 e. The topological polar surface area (TPSA) is 70.5 Å². The van der Waals surface area contributed by atoms with Crippen LogP contribution < -0.4 is 11.6 Å². The molecule has 1 heterocycles. The molecule has 0 unspecified atom stereocenters. The number of aliphatic hydroxyl groups excluding tert-OH is 1. The van der Waals surface area contributed by atoms with E-state index in [4.69, 9.17) is 5.11 Å². The summed E-state index contributed by atoms with van der Waals surface area (Å²) in [6.45, 7) is 1.97. The third-order valence-electron chi connectivity index (χ3n) is 1.36. The van der Waals surface area contributed by atoms with Crippen LogP contribution >= 0.6 is 12.2 Å². The molecule has 0 saturated carbocycles. The highest BCUT2D eigenvalue weighted by atomic mass is 32.1. The molecule has 1 saturated heterocycles. The smallest absolute Gasteiger partial charge is 0.269 e. The van der Waals surface area contributed by atoms with E-state index in [-0.39, 0.29) is 11.3 Å². The number of nitrogens with zero attached hydrogens (tertiary/aromatic N) is 1. The first-order valence-corrected chi connectivity index (χ1v) is 3.44. The lowest BCUT2D eigenvalue weighted by Gasteiger charge is -2.13. The quantitative estimate of drug-likeness (QED) is 0.494. The van der Waals surface area contributed by atoms with E-state index in [0.717, 1.165) is 13.1 Å². The van der Waals surface area contributed by atoms with Crippen molar-refractivity contribution in [2.45, 2.75) is 12.8 Å². The van der Waals surface area contributed by atoms with Gasteiger partial charge >= 0.3 is 0 Å². The number of aliphatic hydroxyl groups is 1. The van der Waals surface area contributed by atoms with Gasteiger partial charge in [-0.15, -0.1) is 0 Å². The van der Waals surface area contributed by atoms with Gasteiger partial charge in [0.25, 0.3) is 5.17 Å². The molecule has 0 bridgehead atoms. The van der Waals surface area contributed by atoms with Gasteiger partial charge < -0.3 is 11.3 Å². The van der Waals surface area contributed by atoms with Crippen LogP contribution in [0.5, 0.6) is 0 Å². The molecule has 0 aromatic rings. The Labute approximate surface area is 65.8 Å². The van der Waals surface area contributed by atoms with Crippen molar-refractivity contribution in [1.29, 1.82) is 0 Å². The van der Waals surface area contributed by atoms with Crippen LogP contribution in [0, 0.1) is 0 Å². The van der Waals surface area contributed by atoms with Crippen molar-refractivity contribution in [2.24, 2.45) is 0 Å². The summed E-state index contributed by atoms with van der Waals surface area (Å²) >= 11 is 4.43. The third-order valence-corrected chi connectivity index (χ3v) is 1.45. The SMILES string of the molecule is N.OC(=S)NN1CCCC1. The summed E-state index contributed by atoms with van der Waals surface area (Å²) in [5.41, 5.74) is 2.66. The molecule has 0 aromatic heterocycles. The third kappa shape index (κ3) is 2.95. The van der Waals surface area contributed by atoms with Crippen molar-refractivity contribution in [3.05, 3.63) is 0 Å². The van der Waals surface area contributed by atoms with Crippen LogP contribution in [0.2, 0.25) is 0 Å². The standard InChI is InChI=1S/C5H10N2OS.H3N/c8-5(9)6-7-3-1-2-4-7;/h1-4H2,(H2,6,8,9);1H3. The highest BCUT2D eigenvalue weighted by molar-refractivity contribution is 7.79. The summed E-state index contributed by atoms with van der Waals surface area (Å²) in [5, 5.41) is 10.4. The van der Waals surface area contributed by atoms with Gasteiger partial charge in [-0.05, 0) is 25.1 Å². The van der Waals surface area contributed by atoms with Crippen LogP contribution in [0.3, 0.4) is 0 Å². The fraction of sp³-hybridized carbons (Fsp3) is 0.800. The number of hydrogen-bond donors (Lipinski definition) is 3. The first-order valence-electron chi connectivity index (χ1n) is 3.03. The monoisotopic (exact) mass is 163 g/mol. The van der Waals surface area contributed by atoms with Crippen molar-refractivity contribution in [3.8, 4) is 0 Å². The summed E-state index contributed by atoms with van der Waals surface area (Å²) in [4.78, 5) is 0. The van der Waals surface area contributed by atoms with E-state index in [1.807, 2.05) is 5.01 Å². The minimum atomic E-state index is -0.128. The minimum Gasteiger partial charge on any atom is -0.486 e. The van der Waals surface area contributed by atoms with Gasteiger partial charge in [0.15, 0.2) is 0 Å². The second-order valence-electron chi connectivity index (χ2n) is 2.11. The molecule has 0 radical (unpaired) electrons. The fourth-order valence-electron chi connectivity index (χ4n) is 0.964. The predicted octanol–water partition coefficient (Wildman–Crippen LogP) is 0.592. The maximum atomic E-state index is 8.59. The largest absolute Gasteiger partial charge is 0.486 e. The first kappa shape index (κ1) is 9.61. The van der Waals surface area contributed by atoms with Crippen LogP contribution in [-0.2, 0) is 0 Å². The molecule has 0 amide bonds. The molecule has 0 atom stereocenters. The van der Waals surface area contributed by atoms with Crippen molar-refractivity contribution in [2.75, 3.05) is 13.1 Å². The van der Waals surface area contributed by atoms with Crippen LogP contribution in [0.1, 0.15) is 12.8 Å². The van der Waals surface area contributed by atoms with Gasteiger partial charge in [0.05, 0.1) is 0 Å². The molecule has 5 heteroatoms. The Morgan fingerprint density at radius 2 is 1.90 bits per heavy atom. The molecule has 4 nitrogen and oxygen atoms in total. The number of thiocarbonyl (C=S) groups is 1. The van der Waals surface area contributed by atoms with Gasteiger partial charge in [-0.2, -0.15) is 0 Å². The van der Waals surface area contributed by atoms with Crippen molar-refractivity contribution in [3.63, 3.8) is 0 Å². The van der Waals surface area contributed by atoms with Crippen LogP contribution in [0.25, 0.3) is 0 Å². The molecule has 0 aliphatic carbocycles. The van der Waals surface area contributed by atoms with Crippen molar-refractivity contribution in [1.82, 2.24) is 16.6 Å². The lowest BCUT2D eigenvalue weighted by molar-refractivity contribution is 0.273. The van der Waals surface area contributed by atoms with E-state index >= 15 is 0 Å². The summed E-state index contributed by atoms with van der Waals surface area (Å²) < 4.78 is 0. The van der Waals surface area contributed by atoms with E-state index in [9.17, 15) is 0 Å². The molecular weight excluding hydrogens is 150 g/mol. The molecule has 10 heavy (non-hydrogen) atoms. The highest BCUT2D eigenvalue weighted by Crippen LogP contribution is 2.02. The summed E-state index contributed by atoms with van der Waals surface area (Å²) in [6.07, 6.45) is 2.38. The molecule has 1 fully saturated rings. The molecule has 1 rings (SSSR count). The van der Waals surface area contributed by atoms with Crippen molar-refractivity contribution >= 4 is 17.4 Å². The van der Waals surface area contributed by atoms with E-state index in [1.54, 1.807) is 0 Å². The average Bonchev–Trinajstić information content (AvgIpc) is 2.15.